The second-order valence-corrected chi connectivity index (χ2v) is 4.54. The molecule has 1 N–H and O–H groups in total. The van der Waals surface area contributed by atoms with Crippen molar-refractivity contribution in [1.82, 2.24) is 9.78 Å². The number of ketones is 1. The predicted octanol–water partition coefficient (Wildman–Crippen LogP) is 2.78. The molecule has 0 unspecified atom stereocenters. The van der Waals surface area contributed by atoms with E-state index in [2.05, 4.69) is 5.10 Å². The zero-order chi connectivity index (χ0) is 13.8. The average molecular weight is 258 g/mol. The highest BCUT2D eigenvalue weighted by molar-refractivity contribution is 5.97. The van der Waals surface area contributed by atoms with Gasteiger partial charge in [0.05, 0.1) is 5.69 Å². The summed E-state index contributed by atoms with van der Waals surface area (Å²) in [6, 6.07) is 9.23. The highest BCUT2D eigenvalue weighted by Crippen LogP contribution is 2.13. The minimum absolute atomic E-state index is 0.0686. The van der Waals surface area contributed by atoms with Crippen LogP contribution in [0.4, 0.5) is 0 Å². The number of benzene rings is 1. The molecule has 1 heterocycles. The molecular weight excluding hydrogens is 240 g/mol. The lowest BCUT2D eigenvalue weighted by molar-refractivity contribution is 0.0912. The molecule has 0 fully saturated rings. The highest BCUT2D eigenvalue weighted by Gasteiger charge is 2.21. The number of nitrogens with zero attached hydrogens (tertiary/aromatic N) is 1. The number of aromatic amines is 1. The Kier molecular flexibility index (Phi) is 4.00. The lowest BCUT2D eigenvalue weighted by Crippen LogP contribution is -2.23. The smallest absolute Gasteiger partial charge is 0.282 e. The molecule has 0 spiro atoms. The Hall–Kier alpha value is -2.10. The number of hydrogen-bond donors (Lipinski definition) is 1. The molecule has 1 aromatic carbocycles. The van der Waals surface area contributed by atoms with Gasteiger partial charge in [0.2, 0.25) is 0 Å². The van der Waals surface area contributed by atoms with Crippen LogP contribution in [0.3, 0.4) is 0 Å². The van der Waals surface area contributed by atoms with E-state index in [4.69, 9.17) is 0 Å². The van der Waals surface area contributed by atoms with E-state index in [-0.39, 0.29) is 22.8 Å². The Balaban J connectivity index is 2.39. The fraction of sp³-hybridized carbons (Fsp3) is 0.333. The first kappa shape index (κ1) is 13.3. The van der Waals surface area contributed by atoms with Gasteiger partial charge >= 0.3 is 0 Å². The van der Waals surface area contributed by atoms with E-state index in [1.165, 1.54) is 10.9 Å². The number of carbonyl (C=O) groups is 1. The molecule has 0 atom stereocenters. The van der Waals surface area contributed by atoms with Crippen molar-refractivity contribution in [2.24, 2.45) is 5.92 Å². The van der Waals surface area contributed by atoms with Crippen LogP contribution in [0.15, 0.2) is 41.3 Å². The van der Waals surface area contributed by atoms with Crippen LogP contribution in [-0.4, -0.2) is 15.6 Å². The normalized spacial score (nSPS) is 10.9. The maximum atomic E-state index is 12.3. The minimum atomic E-state index is -0.275. The SMILES string of the molecule is CCC(CC)C(=O)c1c[nH]n(-c2ccccc2)c1=O. The molecule has 2 aromatic rings. The van der Waals surface area contributed by atoms with Gasteiger partial charge in [0.15, 0.2) is 5.78 Å². The molecule has 19 heavy (non-hydrogen) atoms. The summed E-state index contributed by atoms with van der Waals surface area (Å²) in [5, 5.41) is 2.86. The summed E-state index contributed by atoms with van der Waals surface area (Å²) in [5.74, 6) is -0.145. The Bertz CT molecular complexity index is 607. The van der Waals surface area contributed by atoms with E-state index in [0.717, 1.165) is 18.5 Å². The summed E-state index contributed by atoms with van der Waals surface area (Å²) in [6.07, 6.45) is 3.02. The van der Waals surface area contributed by atoms with E-state index in [0.29, 0.717) is 0 Å². The van der Waals surface area contributed by atoms with E-state index >= 15 is 0 Å². The highest BCUT2D eigenvalue weighted by atomic mass is 16.2. The molecule has 4 heteroatoms. The van der Waals surface area contributed by atoms with Gasteiger partial charge < -0.3 is 0 Å². The summed E-state index contributed by atoms with van der Waals surface area (Å²) in [4.78, 5) is 24.5. The number of Topliss-reactive ketones (excluding diaryl/α,β-unsaturated/α-hetero) is 1. The zero-order valence-corrected chi connectivity index (χ0v) is 11.2. The topological polar surface area (TPSA) is 54.9 Å². The van der Waals surface area contributed by atoms with Crippen LogP contribution in [0.1, 0.15) is 37.0 Å². The van der Waals surface area contributed by atoms with Crippen LogP contribution >= 0.6 is 0 Å². The number of nitrogens with one attached hydrogen (secondary N) is 1. The summed E-state index contributed by atoms with van der Waals surface area (Å²) >= 11 is 0. The van der Waals surface area contributed by atoms with Crippen molar-refractivity contribution in [3.63, 3.8) is 0 Å². The minimum Gasteiger partial charge on any atom is -0.297 e. The fourth-order valence-corrected chi connectivity index (χ4v) is 2.19. The van der Waals surface area contributed by atoms with Crippen molar-refractivity contribution in [2.75, 3.05) is 0 Å². The fourth-order valence-electron chi connectivity index (χ4n) is 2.19. The predicted molar refractivity (Wildman–Crippen MR) is 74.8 cm³/mol. The third kappa shape index (κ3) is 2.52. The van der Waals surface area contributed by atoms with Crippen LogP contribution < -0.4 is 5.56 Å². The molecule has 0 saturated carbocycles. The third-order valence-corrected chi connectivity index (χ3v) is 3.41. The molecule has 0 bridgehead atoms. The standard InChI is InChI=1S/C15H18N2O2/c1-3-11(4-2)14(18)13-10-16-17(15(13)19)12-8-6-5-7-9-12/h5-11,16H,3-4H2,1-2H3. The van der Waals surface area contributed by atoms with Crippen molar-refractivity contribution in [1.29, 1.82) is 0 Å². The Morgan fingerprint density at radius 3 is 2.42 bits per heavy atom. The van der Waals surface area contributed by atoms with Gasteiger partial charge in [-0.1, -0.05) is 32.0 Å². The quantitative estimate of drug-likeness (QED) is 0.838. The number of aromatic nitrogens is 2. The number of para-hydroxylation sites is 1. The van der Waals surface area contributed by atoms with Gasteiger partial charge in [0.25, 0.3) is 5.56 Å². The van der Waals surface area contributed by atoms with Crippen molar-refractivity contribution >= 4 is 5.78 Å². The number of hydrogen-bond acceptors (Lipinski definition) is 2. The Morgan fingerprint density at radius 1 is 1.21 bits per heavy atom. The van der Waals surface area contributed by atoms with Crippen molar-refractivity contribution in [3.8, 4) is 5.69 Å². The lowest BCUT2D eigenvalue weighted by Gasteiger charge is -2.08. The summed E-state index contributed by atoms with van der Waals surface area (Å²) < 4.78 is 1.40. The molecule has 100 valence electrons. The first-order valence-electron chi connectivity index (χ1n) is 6.59. The summed E-state index contributed by atoms with van der Waals surface area (Å²) in [6.45, 7) is 3.93. The van der Waals surface area contributed by atoms with E-state index in [1.54, 1.807) is 0 Å². The Labute approximate surface area is 112 Å². The zero-order valence-electron chi connectivity index (χ0n) is 11.2. The largest absolute Gasteiger partial charge is 0.297 e. The number of rotatable bonds is 5. The molecule has 2 rings (SSSR count). The van der Waals surface area contributed by atoms with E-state index < -0.39 is 0 Å². The maximum absolute atomic E-state index is 12.3. The molecule has 0 aliphatic carbocycles. The van der Waals surface area contributed by atoms with Crippen molar-refractivity contribution in [3.05, 3.63) is 52.4 Å². The summed E-state index contributed by atoms with van der Waals surface area (Å²) in [7, 11) is 0. The number of carbonyl (C=O) groups excluding carboxylic acids is 1. The molecule has 0 aliphatic rings. The molecular formula is C15H18N2O2. The van der Waals surface area contributed by atoms with Gasteiger partial charge in [0, 0.05) is 12.1 Å². The van der Waals surface area contributed by atoms with Gasteiger partial charge in [-0.15, -0.1) is 0 Å². The van der Waals surface area contributed by atoms with Crippen LogP contribution in [0, 0.1) is 5.92 Å². The van der Waals surface area contributed by atoms with Gasteiger partial charge in [-0.2, -0.15) is 0 Å². The van der Waals surface area contributed by atoms with Crippen molar-refractivity contribution in [2.45, 2.75) is 26.7 Å². The average Bonchev–Trinajstić information content (AvgIpc) is 2.83. The van der Waals surface area contributed by atoms with Gasteiger partial charge in [-0.3, -0.25) is 14.7 Å². The second kappa shape index (κ2) is 5.69. The van der Waals surface area contributed by atoms with E-state index in [9.17, 15) is 9.59 Å². The van der Waals surface area contributed by atoms with Crippen LogP contribution in [0.2, 0.25) is 0 Å². The van der Waals surface area contributed by atoms with E-state index in [1.807, 2.05) is 44.2 Å². The van der Waals surface area contributed by atoms with Crippen LogP contribution in [0.25, 0.3) is 5.69 Å². The van der Waals surface area contributed by atoms with Crippen molar-refractivity contribution < 1.29 is 4.79 Å². The molecule has 0 aliphatic heterocycles. The van der Waals surface area contributed by atoms with Gasteiger partial charge in [0.1, 0.15) is 5.56 Å². The van der Waals surface area contributed by atoms with Crippen LogP contribution in [0.5, 0.6) is 0 Å². The van der Waals surface area contributed by atoms with Crippen LogP contribution in [-0.2, 0) is 0 Å². The molecule has 1 aromatic heterocycles. The van der Waals surface area contributed by atoms with Gasteiger partial charge in [-0.05, 0) is 25.0 Å². The Morgan fingerprint density at radius 2 is 1.84 bits per heavy atom. The second-order valence-electron chi connectivity index (χ2n) is 4.54. The molecule has 0 radical (unpaired) electrons. The monoisotopic (exact) mass is 258 g/mol. The molecule has 0 saturated heterocycles. The summed E-state index contributed by atoms with van der Waals surface area (Å²) in [5.41, 5.74) is 0.705. The molecule has 4 nitrogen and oxygen atoms in total. The third-order valence-electron chi connectivity index (χ3n) is 3.41. The first-order valence-corrected chi connectivity index (χ1v) is 6.59. The molecule has 0 amide bonds. The maximum Gasteiger partial charge on any atom is 0.282 e. The number of H-pyrrole nitrogens is 1. The lowest BCUT2D eigenvalue weighted by atomic mass is 9.95. The first-order chi connectivity index (χ1) is 9.19. The van der Waals surface area contributed by atoms with Gasteiger partial charge in [-0.25, -0.2) is 4.68 Å².